The molecule has 3 aromatic rings. The van der Waals surface area contributed by atoms with Crippen molar-refractivity contribution in [1.82, 2.24) is 24.8 Å². The molecular weight excluding hydrogens is 506 g/mol. The lowest BCUT2D eigenvalue weighted by Crippen LogP contribution is -2.39. The number of aromatic nitrogens is 3. The molecule has 9 heteroatoms. The first-order valence-electron chi connectivity index (χ1n) is 13.6. The summed E-state index contributed by atoms with van der Waals surface area (Å²) in [6, 6.07) is 14.4. The van der Waals surface area contributed by atoms with Gasteiger partial charge in [0.25, 0.3) is 0 Å². The van der Waals surface area contributed by atoms with Gasteiger partial charge in [0.1, 0.15) is 11.3 Å². The Balaban J connectivity index is 1.25. The lowest BCUT2D eigenvalue weighted by Gasteiger charge is -2.29. The van der Waals surface area contributed by atoms with Gasteiger partial charge in [-0.1, -0.05) is 47.7 Å². The van der Waals surface area contributed by atoms with E-state index in [0.717, 1.165) is 45.6 Å². The normalized spacial score (nSPS) is 15.9. The Morgan fingerprint density at radius 3 is 2.10 bits per heavy atom. The average molecular weight is 542 g/mol. The van der Waals surface area contributed by atoms with Crippen LogP contribution in [-0.4, -0.2) is 73.9 Å². The highest BCUT2D eigenvalue weighted by Gasteiger charge is 2.24. The van der Waals surface area contributed by atoms with Crippen molar-refractivity contribution in [2.45, 2.75) is 46.1 Å². The number of benzene rings is 2. The van der Waals surface area contributed by atoms with Gasteiger partial charge in [-0.2, -0.15) is 0 Å². The summed E-state index contributed by atoms with van der Waals surface area (Å²) in [7, 11) is 0. The molecule has 0 fully saturated rings. The number of aryl methyl sites for hydroxylation is 1. The van der Waals surface area contributed by atoms with Crippen molar-refractivity contribution in [2.24, 2.45) is 0 Å². The van der Waals surface area contributed by atoms with Crippen LogP contribution in [0.25, 0.3) is 28.1 Å². The third-order valence-electron chi connectivity index (χ3n) is 7.21. The number of amides is 2. The first-order valence-corrected chi connectivity index (χ1v) is 13.6. The Hall–Kier alpha value is -4.40. The van der Waals surface area contributed by atoms with Crippen LogP contribution in [-0.2, 0) is 4.74 Å². The maximum absolute atomic E-state index is 12.4. The molecule has 0 saturated carbocycles. The molecule has 0 atom stereocenters. The summed E-state index contributed by atoms with van der Waals surface area (Å²) in [5.74, 6) is 0. The van der Waals surface area contributed by atoms with Crippen molar-refractivity contribution in [3.8, 4) is 16.9 Å². The predicted molar refractivity (Wildman–Crippen MR) is 154 cm³/mol. The molecular formula is C31H35N5O4. The maximum Gasteiger partial charge on any atom is 0.410 e. The van der Waals surface area contributed by atoms with E-state index in [4.69, 9.17) is 9.84 Å². The molecule has 2 aromatic carbocycles. The summed E-state index contributed by atoms with van der Waals surface area (Å²) in [6.07, 6.45) is 6.34. The summed E-state index contributed by atoms with van der Waals surface area (Å²) in [6.45, 7) is 9.81. The fraction of sp³-hybridized carbons (Fsp3) is 0.355. The van der Waals surface area contributed by atoms with E-state index in [1.807, 2.05) is 57.3 Å². The zero-order chi connectivity index (χ0) is 28.4. The van der Waals surface area contributed by atoms with Gasteiger partial charge in [0.05, 0.1) is 11.9 Å². The zero-order valence-electron chi connectivity index (χ0n) is 23.4. The highest BCUT2D eigenvalue weighted by Crippen LogP contribution is 2.29. The highest BCUT2D eigenvalue weighted by atomic mass is 16.6. The Morgan fingerprint density at radius 2 is 1.52 bits per heavy atom. The fourth-order valence-electron chi connectivity index (χ4n) is 5.02. The molecule has 0 saturated heterocycles. The number of rotatable bonds is 4. The standard InChI is InChI=1S/C31H35N5O4/c1-21-19-25(24-13-17-35(18-14-24)30(39)40-31(2,3)4)7-10-27(21)28-20-36(33-32-28)26-8-5-22(6-9-26)23-11-15-34(16-12-23)29(37)38/h5-11,13,19-20H,12,14-18H2,1-4H3,(H,37,38). The summed E-state index contributed by atoms with van der Waals surface area (Å²) >= 11 is 0. The second-order valence-electron chi connectivity index (χ2n) is 11.2. The van der Waals surface area contributed by atoms with Crippen LogP contribution in [0.2, 0.25) is 0 Å². The molecule has 1 N–H and O–H groups in total. The SMILES string of the molecule is Cc1cc(C2=CCN(C(=O)OC(C)(C)C)CC2)ccc1-c1cn(-c2ccc(C3=CCN(C(=O)O)CC3)cc2)nn1. The molecule has 0 radical (unpaired) electrons. The zero-order valence-corrected chi connectivity index (χ0v) is 23.4. The highest BCUT2D eigenvalue weighted by molar-refractivity contribution is 5.75. The number of nitrogens with zero attached hydrogens (tertiary/aromatic N) is 5. The van der Waals surface area contributed by atoms with Crippen LogP contribution in [0, 0.1) is 6.92 Å². The Kier molecular flexibility index (Phi) is 7.47. The average Bonchev–Trinajstić information content (AvgIpc) is 3.42. The van der Waals surface area contributed by atoms with Crippen molar-refractivity contribution in [1.29, 1.82) is 0 Å². The van der Waals surface area contributed by atoms with Gasteiger partial charge in [0.15, 0.2) is 0 Å². The minimum Gasteiger partial charge on any atom is -0.465 e. The molecule has 40 heavy (non-hydrogen) atoms. The molecule has 0 spiro atoms. The molecule has 1 aromatic heterocycles. The van der Waals surface area contributed by atoms with E-state index in [1.54, 1.807) is 9.58 Å². The van der Waals surface area contributed by atoms with Gasteiger partial charge in [0, 0.05) is 31.7 Å². The minimum absolute atomic E-state index is 0.273. The minimum atomic E-state index is -0.879. The van der Waals surface area contributed by atoms with Gasteiger partial charge in [-0.15, -0.1) is 5.10 Å². The van der Waals surface area contributed by atoms with Gasteiger partial charge in [-0.25, -0.2) is 14.3 Å². The second-order valence-corrected chi connectivity index (χ2v) is 11.2. The first-order chi connectivity index (χ1) is 19.1. The van der Waals surface area contributed by atoms with E-state index in [2.05, 4.69) is 41.5 Å². The van der Waals surface area contributed by atoms with Crippen LogP contribution in [0.5, 0.6) is 0 Å². The number of carbonyl (C=O) groups excluding carboxylic acids is 1. The van der Waals surface area contributed by atoms with Gasteiger partial charge >= 0.3 is 12.2 Å². The van der Waals surface area contributed by atoms with E-state index < -0.39 is 11.7 Å². The summed E-state index contributed by atoms with van der Waals surface area (Å²) in [5, 5.41) is 17.9. The van der Waals surface area contributed by atoms with Gasteiger partial charge in [-0.3, -0.25) is 0 Å². The lowest BCUT2D eigenvalue weighted by molar-refractivity contribution is 0.0270. The smallest absolute Gasteiger partial charge is 0.410 e. The largest absolute Gasteiger partial charge is 0.465 e. The third-order valence-corrected chi connectivity index (χ3v) is 7.21. The molecule has 2 aliphatic heterocycles. The van der Waals surface area contributed by atoms with Crippen molar-refractivity contribution >= 4 is 23.3 Å². The van der Waals surface area contributed by atoms with Gasteiger partial charge < -0.3 is 19.6 Å². The molecule has 2 aliphatic rings. The maximum atomic E-state index is 12.4. The summed E-state index contributed by atoms with van der Waals surface area (Å²) in [5.41, 5.74) is 7.95. The van der Waals surface area contributed by atoms with Crippen LogP contribution in [0.1, 0.15) is 50.3 Å². The van der Waals surface area contributed by atoms with Crippen molar-refractivity contribution in [2.75, 3.05) is 26.2 Å². The van der Waals surface area contributed by atoms with Gasteiger partial charge in [-0.05, 0) is 80.5 Å². The predicted octanol–water partition coefficient (Wildman–Crippen LogP) is 6.03. The van der Waals surface area contributed by atoms with Crippen LogP contribution < -0.4 is 0 Å². The van der Waals surface area contributed by atoms with Crippen LogP contribution in [0.15, 0.2) is 60.8 Å². The lowest BCUT2D eigenvalue weighted by atomic mass is 9.95. The Labute approximate surface area is 234 Å². The van der Waals surface area contributed by atoms with Crippen LogP contribution in [0.4, 0.5) is 9.59 Å². The third kappa shape index (κ3) is 6.09. The molecule has 0 bridgehead atoms. The Bertz CT molecular complexity index is 1480. The first kappa shape index (κ1) is 27.2. The quantitative estimate of drug-likeness (QED) is 0.433. The monoisotopic (exact) mass is 541 g/mol. The van der Waals surface area contributed by atoms with E-state index in [-0.39, 0.29) is 6.09 Å². The molecule has 2 amide bonds. The molecule has 0 unspecified atom stereocenters. The molecule has 3 heterocycles. The number of hydrogen-bond donors (Lipinski definition) is 1. The van der Waals surface area contributed by atoms with E-state index >= 15 is 0 Å². The van der Waals surface area contributed by atoms with E-state index in [1.165, 1.54) is 10.5 Å². The topological polar surface area (TPSA) is 101 Å². The van der Waals surface area contributed by atoms with Gasteiger partial charge in [0.2, 0.25) is 0 Å². The molecule has 208 valence electrons. The van der Waals surface area contributed by atoms with Crippen LogP contribution >= 0.6 is 0 Å². The number of ether oxygens (including phenoxy) is 1. The summed E-state index contributed by atoms with van der Waals surface area (Å²) in [4.78, 5) is 26.7. The second kappa shape index (κ2) is 11.0. The fourth-order valence-corrected chi connectivity index (χ4v) is 5.02. The number of carbonyl (C=O) groups is 2. The van der Waals surface area contributed by atoms with Crippen molar-refractivity contribution in [3.05, 3.63) is 77.5 Å². The van der Waals surface area contributed by atoms with Crippen molar-refractivity contribution < 1.29 is 19.4 Å². The molecule has 0 aliphatic carbocycles. The van der Waals surface area contributed by atoms with E-state index in [0.29, 0.717) is 32.6 Å². The van der Waals surface area contributed by atoms with E-state index in [9.17, 15) is 9.59 Å². The number of carboxylic acid groups (broad SMARTS) is 1. The molecule has 9 nitrogen and oxygen atoms in total. The Morgan fingerprint density at radius 1 is 0.900 bits per heavy atom. The molecule has 5 rings (SSSR count). The van der Waals surface area contributed by atoms with Crippen LogP contribution in [0.3, 0.4) is 0 Å². The van der Waals surface area contributed by atoms with Crippen molar-refractivity contribution in [3.63, 3.8) is 0 Å². The number of hydrogen-bond acceptors (Lipinski definition) is 5. The summed E-state index contributed by atoms with van der Waals surface area (Å²) < 4.78 is 7.27.